The number of benzene rings is 1. The standard InChI is InChI=1S/C20H20N4O/c1-14(2)24-18-9-5-4-8-17(18)23(20(24)25)13-11-16-15(3)21-19-10-6-7-12-22(16)19/h4-10,12H,1,11,13H2,2-3H3. The normalized spacial score (nSPS) is 11.4. The van der Waals surface area contributed by atoms with E-state index >= 15 is 0 Å². The minimum atomic E-state index is -0.0415. The summed E-state index contributed by atoms with van der Waals surface area (Å²) in [5, 5.41) is 0. The maximum Gasteiger partial charge on any atom is 0.333 e. The molecule has 0 aliphatic carbocycles. The van der Waals surface area contributed by atoms with Gasteiger partial charge in [0.05, 0.1) is 16.7 Å². The molecule has 0 radical (unpaired) electrons. The molecule has 0 aliphatic rings. The third-order valence-electron chi connectivity index (χ3n) is 4.62. The number of aromatic nitrogens is 4. The first-order valence-electron chi connectivity index (χ1n) is 8.36. The summed E-state index contributed by atoms with van der Waals surface area (Å²) in [6.45, 7) is 8.42. The van der Waals surface area contributed by atoms with Crippen molar-refractivity contribution in [1.29, 1.82) is 0 Å². The molecule has 1 aromatic carbocycles. The minimum Gasteiger partial charge on any atom is -0.304 e. The van der Waals surface area contributed by atoms with Crippen LogP contribution in [0, 0.1) is 6.92 Å². The zero-order valence-electron chi connectivity index (χ0n) is 14.4. The fourth-order valence-corrected chi connectivity index (χ4v) is 3.48. The Bertz CT molecular complexity index is 1160. The maximum absolute atomic E-state index is 12.9. The Kier molecular flexibility index (Phi) is 3.57. The Morgan fingerprint density at radius 2 is 1.84 bits per heavy atom. The summed E-state index contributed by atoms with van der Waals surface area (Å²) in [5.74, 6) is 0. The molecule has 0 bridgehead atoms. The molecule has 0 fully saturated rings. The van der Waals surface area contributed by atoms with E-state index < -0.39 is 0 Å². The molecule has 0 saturated heterocycles. The lowest BCUT2D eigenvalue weighted by Gasteiger charge is -2.05. The van der Waals surface area contributed by atoms with Gasteiger partial charge in [0.15, 0.2) is 0 Å². The van der Waals surface area contributed by atoms with Crippen molar-refractivity contribution in [3.8, 4) is 0 Å². The maximum atomic E-state index is 12.9. The van der Waals surface area contributed by atoms with Crippen molar-refractivity contribution >= 4 is 22.4 Å². The molecule has 0 saturated carbocycles. The number of allylic oxidation sites excluding steroid dienone is 1. The van der Waals surface area contributed by atoms with Gasteiger partial charge in [-0.15, -0.1) is 0 Å². The monoisotopic (exact) mass is 332 g/mol. The van der Waals surface area contributed by atoms with Gasteiger partial charge in [-0.3, -0.25) is 9.13 Å². The van der Waals surface area contributed by atoms with Crippen LogP contribution in [-0.4, -0.2) is 18.5 Å². The molecule has 5 nitrogen and oxygen atoms in total. The molecule has 4 aromatic rings. The van der Waals surface area contributed by atoms with E-state index in [1.54, 1.807) is 4.57 Å². The second-order valence-corrected chi connectivity index (χ2v) is 6.32. The lowest BCUT2D eigenvalue weighted by atomic mass is 10.2. The van der Waals surface area contributed by atoms with Gasteiger partial charge < -0.3 is 4.40 Å². The Balaban J connectivity index is 1.79. The van der Waals surface area contributed by atoms with Gasteiger partial charge >= 0.3 is 5.69 Å². The first-order valence-corrected chi connectivity index (χ1v) is 8.36. The van der Waals surface area contributed by atoms with E-state index in [-0.39, 0.29) is 5.69 Å². The van der Waals surface area contributed by atoms with Crippen LogP contribution in [0.15, 0.2) is 60.0 Å². The number of pyridine rings is 1. The Morgan fingerprint density at radius 3 is 2.60 bits per heavy atom. The molecule has 0 unspecified atom stereocenters. The molecule has 25 heavy (non-hydrogen) atoms. The summed E-state index contributed by atoms with van der Waals surface area (Å²) >= 11 is 0. The number of para-hydroxylation sites is 2. The topological polar surface area (TPSA) is 44.2 Å². The van der Waals surface area contributed by atoms with Gasteiger partial charge in [0.1, 0.15) is 5.65 Å². The molecular formula is C20H20N4O. The largest absolute Gasteiger partial charge is 0.333 e. The van der Waals surface area contributed by atoms with Crippen molar-refractivity contribution in [3.63, 3.8) is 0 Å². The summed E-state index contributed by atoms with van der Waals surface area (Å²) in [6, 6.07) is 13.8. The van der Waals surface area contributed by atoms with Crippen molar-refractivity contribution in [2.45, 2.75) is 26.8 Å². The van der Waals surface area contributed by atoms with Crippen LogP contribution >= 0.6 is 0 Å². The number of hydrogen-bond acceptors (Lipinski definition) is 2. The molecule has 0 N–H and O–H groups in total. The molecule has 5 heteroatoms. The predicted molar refractivity (Wildman–Crippen MR) is 101 cm³/mol. The van der Waals surface area contributed by atoms with Gasteiger partial charge in [0, 0.05) is 30.6 Å². The molecule has 126 valence electrons. The third-order valence-corrected chi connectivity index (χ3v) is 4.62. The summed E-state index contributed by atoms with van der Waals surface area (Å²) < 4.78 is 5.60. The number of aryl methyl sites for hydroxylation is 3. The molecule has 0 atom stereocenters. The fourth-order valence-electron chi connectivity index (χ4n) is 3.48. The van der Waals surface area contributed by atoms with Crippen LogP contribution < -0.4 is 5.69 Å². The summed E-state index contributed by atoms with van der Waals surface area (Å²) in [7, 11) is 0. The highest BCUT2D eigenvalue weighted by Crippen LogP contribution is 2.18. The number of imidazole rings is 2. The van der Waals surface area contributed by atoms with Gasteiger partial charge in [-0.2, -0.15) is 0 Å². The van der Waals surface area contributed by atoms with E-state index in [2.05, 4.69) is 16.0 Å². The lowest BCUT2D eigenvalue weighted by Crippen LogP contribution is -2.24. The van der Waals surface area contributed by atoms with Crippen molar-refractivity contribution in [2.75, 3.05) is 0 Å². The van der Waals surface area contributed by atoms with E-state index in [1.165, 1.54) is 0 Å². The SMILES string of the molecule is C=C(C)n1c(=O)n(CCc2c(C)nc3ccccn23)c2ccccc21. The number of fused-ring (bicyclic) bond motifs is 2. The first kappa shape index (κ1) is 15.4. The predicted octanol–water partition coefficient (Wildman–Crippen LogP) is 3.49. The molecule has 0 spiro atoms. The van der Waals surface area contributed by atoms with Crippen LogP contribution in [0.4, 0.5) is 0 Å². The van der Waals surface area contributed by atoms with E-state index in [4.69, 9.17) is 0 Å². The van der Waals surface area contributed by atoms with Crippen LogP contribution in [0.5, 0.6) is 0 Å². The van der Waals surface area contributed by atoms with Crippen LogP contribution in [0.3, 0.4) is 0 Å². The van der Waals surface area contributed by atoms with Crippen molar-refractivity contribution < 1.29 is 0 Å². The van der Waals surface area contributed by atoms with Crippen molar-refractivity contribution in [3.05, 3.63) is 77.1 Å². The van der Waals surface area contributed by atoms with Gasteiger partial charge in [-0.1, -0.05) is 24.8 Å². The summed E-state index contributed by atoms with van der Waals surface area (Å²) in [4.78, 5) is 17.5. The van der Waals surface area contributed by atoms with E-state index in [0.717, 1.165) is 40.2 Å². The quantitative estimate of drug-likeness (QED) is 0.574. The second-order valence-electron chi connectivity index (χ2n) is 6.32. The third kappa shape index (κ3) is 2.39. The van der Waals surface area contributed by atoms with Crippen LogP contribution in [0.2, 0.25) is 0 Å². The Hall–Kier alpha value is -3.08. The fraction of sp³-hybridized carbons (Fsp3) is 0.200. The number of hydrogen-bond donors (Lipinski definition) is 0. The van der Waals surface area contributed by atoms with Crippen LogP contribution in [0.25, 0.3) is 22.4 Å². The summed E-state index contributed by atoms with van der Waals surface area (Å²) in [6.07, 6.45) is 2.76. The molecule has 3 aromatic heterocycles. The zero-order valence-corrected chi connectivity index (χ0v) is 14.4. The van der Waals surface area contributed by atoms with E-state index in [0.29, 0.717) is 6.54 Å². The lowest BCUT2D eigenvalue weighted by molar-refractivity contribution is 0.666. The highest BCUT2D eigenvalue weighted by Gasteiger charge is 2.15. The van der Waals surface area contributed by atoms with Crippen molar-refractivity contribution in [2.24, 2.45) is 0 Å². The number of nitrogens with zero attached hydrogens (tertiary/aromatic N) is 4. The zero-order chi connectivity index (χ0) is 17.6. The van der Waals surface area contributed by atoms with Gasteiger partial charge in [-0.25, -0.2) is 9.78 Å². The highest BCUT2D eigenvalue weighted by atomic mass is 16.1. The molecule has 3 heterocycles. The molecule has 4 rings (SSSR count). The average Bonchev–Trinajstić information content (AvgIpc) is 3.06. The van der Waals surface area contributed by atoms with E-state index in [1.807, 2.05) is 67.1 Å². The second kappa shape index (κ2) is 5.77. The Morgan fingerprint density at radius 1 is 1.12 bits per heavy atom. The molecule has 0 aliphatic heterocycles. The smallest absolute Gasteiger partial charge is 0.304 e. The van der Waals surface area contributed by atoms with Crippen LogP contribution in [-0.2, 0) is 13.0 Å². The van der Waals surface area contributed by atoms with Crippen LogP contribution in [0.1, 0.15) is 18.3 Å². The van der Waals surface area contributed by atoms with E-state index in [9.17, 15) is 4.79 Å². The average molecular weight is 332 g/mol. The number of rotatable bonds is 4. The molecular weight excluding hydrogens is 312 g/mol. The Labute approximate surface area is 145 Å². The molecule has 0 amide bonds. The first-order chi connectivity index (χ1) is 12.1. The minimum absolute atomic E-state index is 0.0415. The summed E-state index contributed by atoms with van der Waals surface area (Å²) in [5.41, 5.74) is 5.59. The van der Waals surface area contributed by atoms with Gasteiger partial charge in [-0.05, 0) is 38.1 Å². The van der Waals surface area contributed by atoms with Crippen molar-refractivity contribution in [1.82, 2.24) is 18.5 Å². The highest BCUT2D eigenvalue weighted by molar-refractivity contribution is 5.79. The van der Waals surface area contributed by atoms with Gasteiger partial charge in [0.25, 0.3) is 0 Å². The van der Waals surface area contributed by atoms with Gasteiger partial charge in [0.2, 0.25) is 0 Å².